The SMILES string of the molecule is Cl.O.O=c1cccc(O)[nH]1. The van der Waals surface area contributed by atoms with E-state index >= 15 is 0 Å². The number of H-pyrrole nitrogens is 1. The van der Waals surface area contributed by atoms with Gasteiger partial charge in [-0.2, -0.15) is 0 Å². The lowest BCUT2D eigenvalue weighted by molar-refractivity contribution is 0.452. The van der Waals surface area contributed by atoms with Crippen molar-refractivity contribution < 1.29 is 10.6 Å². The molecule has 0 unspecified atom stereocenters. The number of hydrogen-bond acceptors (Lipinski definition) is 2. The molecule has 10 heavy (non-hydrogen) atoms. The Labute approximate surface area is 63.2 Å². The summed E-state index contributed by atoms with van der Waals surface area (Å²) in [6.45, 7) is 0. The molecule has 0 amide bonds. The number of pyridine rings is 1. The van der Waals surface area contributed by atoms with Crippen LogP contribution in [0.3, 0.4) is 0 Å². The molecule has 0 radical (unpaired) electrons. The monoisotopic (exact) mass is 165 g/mol. The van der Waals surface area contributed by atoms with Crippen molar-refractivity contribution in [2.75, 3.05) is 0 Å². The van der Waals surface area contributed by atoms with Crippen LogP contribution >= 0.6 is 12.4 Å². The normalized spacial score (nSPS) is 7.20. The van der Waals surface area contributed by atoms with Gasteiger partial charge in [-0.3, -0.25) is 9.78 Å². The predicted molar refractivity (Wildman–Crippen MR) is 39.6 cm³/mol. The highest BCUT2D eigenvalue weighted by molar-refractivity contribution is 5.85. The molecule has 0 aliphatic carbocycles. The van der Waals surface area contributed by atoms with E-state index in [1.165, 1.54) is 18.2 Å². The third-order valence-electron chi connectivity index (χ3n) is 0.753. The summed E-state index contributed by atoms with van der Waals surface area (Å²) in [5.41, 5.74) is -0.287. The van der Waals surface area contributed by atoms with Crippen molar-refractivity contribution in [2.24, 2.45) is 0 Å². The zero-order valence-electron chi connectivity index (χ0n) is 5.00. The number of halogens is 1. The van der Waals surface area contributed by atoms with Crippen molar-refractivity contribution in [2.45, 2.75) is 0 Å². The summed E-state index contributed by atoms with van der Waals surface area (Å²) in [6.07, 6.45) is 0. The maximum Gasteiger partial charge on any atom is 0.250 e. The van der Waals surface area contributed by atoms with Crippen LogP contribution in [-0.2, 0) is 0 Å². The lowest BCUT2D eigenvalue weighted by Gasteiger charge is -1.84. The maximum absolute atomic E-state index is 10.3. The topological polar surface area (TPSA) is 84.6 Å². The third kappa shape index (κ3) is 3.11. The van der Waals surface area contributed by atoms with Gasteiger partial charge < -0.3 is 10.6 Å². The summed E-state index contributed by atoms with van der Waals surface area (Å²) in [4.78, 5) is 12.4. The van der Waals surface area contributed by atoms with E-state index in [0.717, 1.165) is 0 Å². The van der Waals surface area contributed by atoms with E-state index < -0.39 is 0 Å². The molecular weight excluding hydrogens is 158 g/mol. The van der Waals surface area contributed by atoms with Crippen LogP contribution < -0.4 is 5.56 Å². The Bertz CT molecular complexity index is 234. The van der Waals surface area contributed by atoms with Crippen LogP contribution in [0.1, 0.15) is 0 Å². The minimum absolute atomic E-state index is 0. The summed E-state index contributed by atoms with van der Waals surface area (Å²) in [7, 11) is 0. The zero-order valence-corrected chi connectivity index (χ0v) is 5.81. The molecule has 0 spiro atoms. The highest BCUT2D eigenvalue weighted by Crippen LogP contribution is 1.93. The second-order valence-electron chi connectivity index (χ2n) is 1.40. The summed E-state index contributed by atoms with van der Waals surface area (Å²) < 4.78 is 0. The molecule has 58 valence electrons. The van der Waals surface area contributed by atoms with Crippen LogP contribution in [0.4, 0.5) is 0 Å². The van der Waals surface area contributed by atoms with Gasteiger partial charge in [-0.1, -0.05) is 6.07 Å². The molecule has 0 bridgehead atoms. The molecule has 4 nitrogen and oxygen atoms in total. The van der Waals surface area contributed by atoms with Crippen molar-refractivity contribution in [1.29, 1.82) is 0 Å². The molecule has 5 heteroatoms. The number of nitrogens with one attached hydrogen (secondary N) is 1. The van der Waals surface area contributed by atoms with Crippen LogP contribution in [0, 0.1) is 0 Å². The molecule has 0 aromatic carbocycles. The average Bonchev–Trinajstić information content (AvgIpc) is 1.64. The number of aromatic amines is 1. The van der Waals surface area contributed by atoms with Gasteiger partial charge in [0.05, 0.1) is 0 Å². The lowest BCUT2D eigenvalue weighted by atomic mass is 10.5. The first-order valence-corrected chi connectivity index (χ1v) is 2.17. The number of aromatic hydroxyl groups is 1. The van der Waals surface area contributed by atoms with Gasteiger partial charge in [-0.05, 0) is 6.07 Å². The largest absolute Gasteiger partial charge is 0.495 e. The fraction of sp³-hybridized carbons (Fsp3) is 0. The molecule has 4 N–H and O–H groups in total. The van der Waals surface area contributed by atoms with Crippen molar-refractivity contribution in [1.82, 2.24) is 4.98 Å². The fourth-order valence-electron chi connectivity index (χ4n) is 0.436. The van der Waals surface area contributed by atoms with Gasteiger partial charge in [0.2, 0.25) is 0 Å². The molecule has 0 fully saturated rings. The molecule has 0 saturated carbocycles. The zero-order chi connectivity index (χ0) is 5.98. The third-order valence-corrected chi connectivity index (χ3v) is 0.753. The Kier molecular flexibility index (Phi) is 5.69. The van der Waals surface area contributed by atoms with Gasteiger partial charge in [-0.25, -0.2) is 0 Å². The average molecular weight is 166 g/mol. The van der Waals surface area contributed by atoms with Crippen molar-refractivity contribution in [3.8, 4) is 5.88 Å². The van der Waals surface area contributed by atoms with Gasteiger partial charge in [0.15, 0.2) is 5.88 Å². The van der Waals surface area contributed by atoms with E-state index in [0.29, 0.717) is 0 Å². The van der Waals surface area contributed by atoms with Crippen molar-refractivity contribution in [3.05, 3.63) is 28.6 Å². The lowest BCUT2D eigenvalue weighted by Crippen LogP contribution is -2.00. The Morgan fingerprint density at radius 1 is 1.40 bits per heavy atom. The van der Waals surface area contributed by atoms with Crippen LogP contribution in [0.25, 0.3) is 0 Å². The minimum Gasteiger partial charge on any atom is -0.495 e. The quantitative estimate of drug-likeness (QED) is 0.552. The van der Waals surface area contributed by atoms with Gasteiger partial charge in [0, 0.05) is 6.07 Å². The first-order valence-electron chi connectivity index (χ1n) is 2.17. The fourth-order valence-corrected chi connectivity index (χ4v) is 0.436. The predicted octanol–water partition coefficient (Wildman–Crippen LogP) is -0.322. The Morgan fingerprint density at radius 2 is 2.00 bits per heavy atom. The smallest absolute Gasteiger partial charge is 0.250 e. The van der Waals surface area contributed by atoms with Gasteiger partial charge in [-0.15, -0.1) is 12.4 Å². The van der Waals surface area contributed by atoms with Crippen LogP contribution in [0.15, 0.2) is 23.0 Å². The number of aromatic nitrogens is 1. The molecule has 1 heterocycles. The van der Waals surface area contributed by atoms with E-state index in [4.69, 9.17) is 5.11 Å². The van der Waals surface area contributed by atoms with E-state index in [2.05, 4.69) is 4.98 Å². The molecule has 0 atom stereocenters. The summed E-state index contributed by atoms with van der Waals surface area (Å²) >= 11 is 0. The van der Waals surface area contributed by atoms with Gasteiger partial charge in [0.25, 0.3) is 5.56 Å². The Morgan fingerprint density at radius 3 is 2.30 bits per heavy atom. The standard InChI is InChI=1S/C5H5NO2.ClH.H2O/c7-4-2-1-3-5(8)6-4;;/h1-3H,(H2,6,7,8);1H;1H2. The Hall–Kier alpha value is -1.00. The molecule has 0 aliphatic heterocycles. The highest BCUT2D eigenvalue weighted by atomic mass is 35.5. The van der Waals surface area contributed by atoms with E-state index in [1.54, 1.807) is 0 Å². The van der Waals surface area contributed by atoms with Crippen LogP contribution in [0.5, 0.6) is 5.88 Å². The van der Waals surface area contributed by atoms with Crippen LogP contribution in [0.2, 0.25) is 0 Å². The second kappa shape index (κ2) is 4.84. The number of hydrogen-bond donors (Lipinski definition) is 2. The first-order chi connectivity index (χ1) is 3.79. The highest BCUT2D eigenvalue weighted by Gasteiger charge is 1.81. The molecule has 1 rings (SSSR count). The molecule has 0 aliphatic rings. The van der Waals surface area contributed by atoms with Crippen LogP contribution in [-0.4, -0.2) is 15.6 Å². The van der Waals surface area contributed by atoms with E-state index in [-0.39, 0.29) is 29.3 Å². The van der Waals surface area contributed by atoms with Gasteiger partial charge in [0.1, 0.15) is 0 Å². The first kappa shape index (κ1) is 11.8. The molecule has 1 aromatic rings. The Balaban J connectivity index is 0. The van der Waals surface area contributed by atoms with Gasteiger partial charge >= 0.3 is 0 Å². The second-order valence-corrected chi connectivity index (χ2v) is 1.40. The van der Waals surface area contributed by atoms with E-state index in [1.807, 2.05) is 0 Å². The molecule has 1 aromatic heterocycles. The maximum atomic E-state index is 10.3. The minimum atomic E-state index is -0.287. The van der Waals surface area contributed by atoms with E-state index in [9.17, 15) is 4.79 Å². The molecular formula is C5H8ClNO3. The summed E-state index contributed by atoms with van der Waals surface area (Å²) in [6, 6.07) is 4.22. The summed E-state index contributed by atoms with van der Waals surface area (Å²) in [5.74, 6) is -0.0995. The number of rotatable bonds is 0. The molecule has 0 saturated heterocycles. The van der Waals surface area contributed by atoms with Crippen molar-refractivity contribution in [3.63, 3.8) is 0 Å². The van der Waals surface area contributed by atoms with Crippen molar-refractivity contribution >= 4 is 12.4 Å². The summed E-state index contributed by atoms with van der Waals surface area (Å²) in [5, 5.41) is 8.56.